The number of carboxylic acids is 2. The summed E-state index contributed by atoms with van der Waals surface area (Å²) in [4.78, 5) is 45.1. The standard InChI is InChI=1S/C21H23ClN4O2.2C2HF3O2/c22-16-6-5-13(10-23)15(9-16)12-25-20(27)18-7-8-26(18)21(28)19-17-4-2-1-3-14(17)11-24-19;2*3-2(4,5)1(6)7/h1-6,9,18-19,24H,7-8,10-12,23H2,(H,25,27);2*(H,6,7)/t18-,19?;;/m0../s1. The lowest BCUT2D eigenvalue weighted by molar-refractivity contribution is -0.193. The van der Waals surface area contributed by atoms with Crippen molar-refractivity contribution in [2.45, 2.75) is 50.5 Å². The maximum Gasteiger partial charge on any atom is 0.490 e. The summed E-state index contributed by atoms with van der Waals surface area (Å²) in [5.41, 5.74) is 9.74. The number of amides is 2. The van der Waals surface area contributed by atoms with Gasteiger partial charge in [0, 0.05) is 31.2 Å². The summed E-state index contributed by atoms with van der Waals surface area (Å²) >= 11 is 6.06. The summed E-state index contributed by atoms with van der Waals surface area (Å²) in [6, 6.07) is 12.6. The minimum Gasteiger partial charge on any atom is -0.475 e. The summed E-state index contributed by atoms with van der Waals surface area (Å²) in [5.74, 6) is -5.70. The molecule has 0 radical (unpaired) electrons. The number of carboxylic acid groups (broad SMARTS) is 2. The monoisotopic (exact) mass is 626 g/mol. The number of nitrogens with zero attached hydrogens (tertiary/aromatic N) is 1. The van der Waals surface area contributed by atoms with Crippen molar-refractivity contribution in [3.63, 3.8) is 0 Å². The summed E-state index contributed by atoms with van der Waals surface area (Å²) < 4.78 is 63.5. The van der Waals surface area contributed by atoms with Crippen molar-refractivity contribution in [3.8, 4) is 0 Å². The Kier molecular flexibility index (Phi) is 11.7. The molecule has 0 aromatic heterocycles. The number of halogens is 7. The average molecular weight is 627 g/mol. The van der Waals surface area contributed by atoms with Gasteiger partial charge in [-0.15, -0.1) is 0 Å². The molecule has 2 heterocycles. The van der Waals surface area contributed by atoms with E-state index in [-0.39, 0.29) is 17.9 Å². The van der Waals surface area contributed by atoms with Crippen LogP contribution in [0.4, 0.5) is 26.3 Å². The number of carbonyl (C=O) groups excluding carboxylic acids is 2. The van der Waals surface area contributed by atoms with Crippen LogP contribution in [0, 0.1) is 0 Å². The number of hydrogen-bond acceptors (Lipinski definition) is 6. The van der Waals surface area contributed by atoms with E-state index in [9.17, 15) is 35.9 Å². The molecule has 2 aromatic rings. The lowest BCUT2D eigenvalue weighted by Gasteiger charge is -2.41. The third-order valence-corrected chi connectivity index (χ3v) is 6.28. The van der Waals surface area contributed by atoms with Gasteiger partial charge in [0.25, 0.3) is 0 Å². The fraction of sp³-hybridized carbons (Fsp3) is 0.360. The van der Waals surface area contributed by atoms with Crippen molar-refractivity contribution < 1.29 is 55.7 Å². The molecule has 0 spiro atoms. The smallest absolute Gasteiger partial charge is 0.475 e. The maximum atomic E-state index is 13.0. The second kappa shape index (κ2) is 14.3. The first-order chi connectivity index (χ1) is 19.5. The molecule has 1 fully saturated rings. The molecule has 2 amide bonds. The first-order valence-electron chi connectivity index (χ1n) is 11.9. The third-order valence-electron chi connectivity index (χ3n) is 6.04. The molecular formula is C25H25ClF6N4O6. The minimum atomic E-state index is -5.08. The van der Waals surface area contributed by atoms with Gasteiger partial charge < -0.3 is 26.2 Å². The van der Waals surface area contributed by atoms with Crippen LogP contribution in [0.5, 0.6) is 0 Å². The van der Waals surface area contributed by atoms with Crippen molar-refractivity contribution in [3.05, 3.63) is 69.7 Å². The van der Waals surface area contributed by atoms with E-state index in [2.05, 4.69) is 10.6 Å². The van der Waals surface area contributed by atoms with E-state index in [0.29, 0.717) is 37.6 Å². The Morgan fingerprint density at radius 1 is 0.976 bits per heavy atom. The Bertz CT molecular complexity index is 1280. The first kappa shape index (κ1) is 34.3. The van der Waals surface area contributed by atoms with Gasteiger partial charge in [0.1, 0.15) is 12.1 Å². The summed E-state index contributed by atoms with van der Waals surface area (Å²) in [7, 11) is 0. The van der Waals surface area contributed by atoms with Gasteiger partial charge in [-0.2, -0.15) is 26.3 Å². The topological polar surface area (TPSA) is 162 Å². The predicted octanol–water partition coefficient (Wildman–Crippen LogP) is 3.13. The molecule has 42 heavy (non-hydrogen) atoms. The minimum absolute atomic E-state index is 0.0400. The molecule has 2 aromatic carbocycles. The molecule has 2 atom stereocenters. The number of nitrogens with one attached hydrogen (secondary N) is 2. The number of fused-ring (bicyclic) bond motifs is 1. The Balaban J connectivity index is 0.000000367. The zero-order valence-corrected chi connectivity index (χ0v) is 22.2. The largest absolute Gasteiger partial charge is 0.490 e. The van der Waals surface area contributed by atoms with Crippen LogP contribution >= 0.6 is 11.6 Å². The highest BCUT2D eigenvalue weighted by Gasteiger charge is 2.42. The zero-order valence-electron chi connectivity index (χ0n) is 21.4. The van der Waals surface area contributed by atoms with E-state index < -0.39 is 30.3 Å². The van der Waals surface area contributed by atoms with E-state index in [4.69, 9.17) is 37.1 Å². The number of alkyl halides is 6. The highest BCUT2D eigenvalue weighted by atomic mass is 35.5. The van der Waals surface area contributed by atoms with Gasteiger partial charge >= 0.3 is 24.3 Å². The molecule has 1 saturated heterocycles. The Labute approximate surface area is 239 Å². The number of carbonyl (C=O) groups is 4. The molecule has 17 heteroatoms. The molecule has 0 bridgehead atoms. The zero-order chi connectivity index (χ0) is 31.8. The fourth-order valence-corrected chi connectivity index (χ4v) is 4.06. The molecule has 2 aliphatic rings. The van der Waals surface area contributed by atoms with Crippen LogP contribution in [0.25, 0.3) is 0 Å². The number of likely N-dealkylation sites (tertiary alicyclic amines) is 1. The number of benzene rings is 2. The molecule has 0 saturated carbocycles. The lowest BCUT2D eigenvalue weighted by Crippen LogP contribution is -2.59. The first-order valence-corrected chi connectivity index (χ1v) is 12.3. The van der Waals surface area contributed by atoms with E-state index in [0.717, 1.165) is 22.3 Å². The quantitative estimate of drug-likeness (QED) is 0.316. The van der Waals surface area contributed by atoms with Crippen molar-refractivity contribution >= 4 is 35.4 Å². The number of hydrogen-bond donors (Lipinski definition) is 5. The Hall–Kier alpha value is -3.89. The van der Waals surface area contributed by atoms with Gasteiger partial charge in [0.05, 0.1) is 0 Å². The predicted molar refractivity (Wildman–Crippen MR) is 135 cm³/mol. The second-order valence-electron chi connectivity index (χ2n) is 8.79. The van der Waals surface area contributed by atoms with Crippen molar-refractivity contribution in [2.24, 2.45) is 5.73 Å². The third kappa shape index (κ3) is 9.32. The highest BCUT2D eigenvalue weighted by molar-refractivity contribution is 6.30. The maximum absolute atomic E-state index is 13.0. The van der Waals surface area contributed by atoms with Gasteiger partial charge in [0.15, 0.2) is 0 Å². The van der Waals surface area contributed by atoms with Crippen LogP contribution in [0.2, 0.25) is 5.02 Å². The summed E-state index contributed by atoms with van der Waals surface area (Å²) in [6.07, 6.45) is -9.49. The van der Waals surface area contributed by atoms with Gasteiger partial charge in [-0.05, 0) is 40.8 Å². The molecule has 230 valence electrons. The SMILES string of the molecule is NCc1ccc(Cl)cc1CNC(=O)[C@@H]1CCN1C(=O)C1NCc2ccccc21.O=C(O)C(F)(F)F.O=C(O)C(F)(F)F. The summed E-state index contributed by atoms with van der Waals surface area (Å²) in [5, 5.41) is 21.0. The molecule has 0 aliphatic carbocycles. The number of aliphatic carboxylic acids is 2. The summed E-state index contributed by atoms with van der Waals surface area (Å²) in [6.45, 7) is 1.99. The number of nitrogens with two attached hydrogens (primary N) is 1. The lowest BCUT2D eigenvalue weighted by atomic mass is 9.97. The van der Waals surface area contributed by atoms with Crippen molar-refractivity contribution in [2.75, 3.05) is 6.54 Å². The van der Waals surface area contributed by atoms with Gasteiger partial charge in [-0.25, -0.2) is 9.59 Å². The molecule has 6 N–H and O–H groups in total. The fourth-order valence-electron chi connectivity index (χ4n) is 3.87. The molecule has 4 rings (SSSR count). The second-order valence-corrected chi connectivity index (χ2v) is 9.23. The van der Waals surface area contributed by atoms with E-state index in [1.165, 1.54) is 0 Å². The van der Waals surface area contributed by atoms with Crippen LogP contribution in [0.1, 0.15) is 34.7 Å². The van der Waals surface area contributed by atoms with Gasteiger partial charge in [-0.3, -0.25) is 14.9 Å². The Morgan fingerprint density at radius 2 is 1.55 bits per heavy atom. The van der Waals surface area contributed by atoms with Crippen molar-refractivity contribution in [1.29, 1.82) is 0 Å². The van der Waals surface area contributed by atoms with E-state index >= 15 is 0 Å². The van der Waals surface area contributed by atoms with Gasteiger partial charge in [0.2, 0.25) is 11.8 Å². The molecule has 10 nitrogen and oxygen atoms in total. The molecule has 2 aliphatic heterocycles. The van der Waals surface area contributed by atoms with Crippen LogP contribution in [-0.4, -0.2) is 63.8 Å². The molecule has 1 unspecified atom stereocenters. The van der Waals surface area contributed by atoms with Crippen molar-refractivity contribution in [1.82, 2.24) is 15.5 Å². The van der Waals surface area contributed by atoms with Gasteiger partial charge in [-0.1, -0.05) is 41.9 Å². The normalized spacial score (nSPS) is 17.4. The van der Waals surface area contributed by atoms with E-state index in [1.807, 2.05) is 36.4 Å². The average Bonchev–Trinajstić information content (AvgIpc) is 3.31. The molecular weight excluding hydrogens is 602 g/mol. The van der Waals surface area contributed by atoms with Crippen LogP contribution < -0.4 is 16.4 Å². The van der Waals surface area contributed by atoms with Crippen LogP contribution in [-0.2, 0) is 38.8 Å². The van der Waals surface area contributed by atoms with E-state index in [1.54, 1.807) is 11.0 Å². The van der Waals surface area contributed by atoms with Crippen LogP contribution in [0.3, 0.4) is 0 Å². The highest BCUT2D eigenvalue weighted by Crippen LogP contribution is 2.30. The Morgan fingerprint density at radius 3 is 2.05 bits per heavy atom. The van der Waals surface area contributed by atoms with Crippen LogP contribution in [0.15, 0.2) is 42.5 Å². The number of rotatable bonds is 5.